The minimum absolute atomic E-state index is 0.214. The number of Topliss-reactive ketones (excluding diaryl/α,β-unsaturated/α-hetero) is 4. The molecule has 4 rings (SSSR count). The molecule has 36 heavy (non-hydrogen) atoms. The highest BCUT2D eigenvalue weighted by atomic mass is 16.3. The van der Waals surface area contributed by atoms with Gasteiger partial charge in [0, 0.05) is 29.4 Å². The lowest BCUT2D eigenvalue weighted by molar-refractivity contribution is -0.223. The van der Waals surface area contributed by atoms with Crippen LogP contribution in [0.2, 0.25) is 0 Å². The van der Waals surface area contributed by atoms with Crippen molar-refractivity contribution in [3.63, 3.8) is 0 Å². The monoisotopic (exact) mass is 498 g/mol. The first-order chi connectivity index (χ1) is 16.6. The molecule has 0 unspecified atom stereocenters. The topological polar surface area (TPSA) is 149 Å². The van der Waals surface area contributed by atoms with Crippen molar-refractivity contribution in [3.8, 4) is 0 Å². The summed E-state index contributed by atoms with van der Waals surface area (Å²) in [6.45, 7) is 8.19. The van der Waals surface area contributed by atoms with E-state index in [1.54, 1.807) is 38.2 Å². The Balaban J connectivity index is 2.51. The SMILES string of the molecule is C/C=C/C=C/C(O)=C1/C(=O)[C@]2(C)C(=O)[C@@](C)(O)[C@H]1[C@H]1[C@]2(C(=O)CC/C=C/C)C(=O)C(C)=C(O)[C@@]1(C)O. The molecule has 0 aromatic carbocycles. The number of rotatable bonds is 6. The summed E-state index contributed by atoms with van der Waals surface area (Å²) in [6, 6.07) is 0. The van der Waals surface area contributed by atoms with Crippen LogP contribution in [0.4, 0.5) is 0 Å². The van der Waals surface area contributed by atoms with Gasteiger partial charge in [0.1, 0.15) is 39.3 Å². The first-order valence-electron chi connectivity index (χ1n) is 12.0. The second kappa shape index (κ2) is 8.78. The Bertz CT molecular complexity index is 1190. The van der Waals surface area contributed by atoms with Gasteiger partial charge < -0.3 is 20.4 Å². The molecule has 2 bridgehead atoms. The van der Waals surface area contributed by atoms with Crippen LogP contribution in [0, 0.1) is 22.7 Å². The third-order valence-corrected chi connectivity index (χ3v) is 8.30. The van der Waals surface area contributed by atoms with Crippen LogP contribution in [-0.2, 0) is 19.2 Å². The van der Waals surface area contributed by atoms with Gasteiger partial charge in [-0.2, -0.15) is 0 Å². The summed E-state index contributed by atoms with van der Waals surface area (Å²) in [5.41, 5.74) is -10.1. The van der Waals surface area contributed by atoms with E-state index in [1.807, 2.05) is 0 Å². The van der Waals surface area contributed by atoms with Gasteiger partial charge in [-0.15, -0.1) is 0 Å². The van der Waals surface area contributed by atoms with Crippen molar-refractivity contribution in [2.24, 2.45) is 22.7 Å². The molecular weight excluding hydrogens is 464 g/mol. The van der Waals surface area contributed by atoms with Crippen molar-refractivity contribution in [3.05, 3.63) is 59.1 Å². The van der Waals surface area contributed by atoms with E-state index in [0.29, 0.717) is 0 Å². The average molecular weight is 499 g/mol. The van der Waals surface area contributed by atoms with Crippen LogP contribution in [0.15, 0.2) is 59.1 Å². The van der Waals surface area contributed by atoms with Crippen LogP contribution < -0.4 is 0 Å². The highest BCUT2D eigenvalue weighted by Crippen LogP contribution is 2.70. The molecule has 8 nitrogen and oxygen atoms in total. The highest BCUT2D eigenvalue weighted by Gasteiger charge is 2.85. The maximum Gasteiger partial charge on any atom is 0.179 e. The number of carbonyl (C=O) groups is 4. The van der Waals surface area contributed by atoms with Crippen molar-refractivity contribution < 1.29 is 39.6 Å². The van der Waals surface area contributed by atoms with Gasteiger partial charge in [0.05, 0.1) is 0 Å². The predicted octanol–water partition coefficient (Wildman–Crippen LogP) is 3.16. The van der Waals surface area contributed by atoms with Crippen LogP contribution in [0.1, 0.15) is 54.4 Å². The van der Waals surface area contributed by atoms with Gasteiger partial charge in [0.25, 0.3) is 0 Å². The van der Waals surface area contributed by atoms with E-state index in [9.17, 15) is 39.6 Å². The lowest BCUT2D eigenvalue weighted by Crippen LogP contribution is -2.82. The highest BCUT2D eigenvalue weighted by molar-refractivity contribution is 6.32. The molecule has 0 saturated heterocycles. The fourth-order valence-corrected chi connectivity index (χ4v) is 6.68. The average Bonchev–Trinajstić information content (AvgIpc) is 2.81. The molecule has 0 aliphatic heterocycles. The van der Waals surface area contributed by atoms with Crippen LogP contribution in [-0.4, -0.2) is 54.8 Å². The largest absolute Gasteiger partial charge is 0.509 e. The maximum atomic E-state index is 14.0. The molecule has 4 N–H and O–H groups in total. The second-order valence-corrected chi connectivity index (χ2v) is 10.4. The predicted molar refractivity (Wildman–Crippen MR) is 132 cm³/mol. The molecule has 4 aliphatic rings. The first-order valence-corrected chi connectivity index (χ1v) is 12.0. The number of aliphatic hydroxyl groups is 4. The molecule has 0 aromatic rings. The Hall–Kier alpha value is -3.10. The molecule has 3 saturated carbocycles. The Morgan fingerprint density at radius 1 is 0.972 bits per heavy atom. The Morgan fingerprint density at radius 2 is 1.58 bits per heavy atom. The molecule has 0 radical (unpaired) electrons. The molecule has 8 heteroatoms. The van der Waals surface area contributed by atoms with E-state index in [2.05, 4.69) is 0 Å². The van der Waals surface area contributed by atoms with Crippen molar-refractivity contribution in [2.75, 3.05) is 0 Å². The van der Waals surface area contributed by atoms with Crippen molar-refractivity contribution in [2.45, 2.75) is 65.6 Å². The van der Waals surface area contributed by atoms with Crippen molar-refractivity contribution >= 4 is 23.1 Å². The Morgan fingerprint density at radius 3 is 2.14 bits per heavy atom. The zero-order valence-electron chi connectivity index (χ0n) is 21.5. The first kappa shape index (κ1) is 27.5. The molecular formula is C28H34O8. The Kier molecular flexibility index (Phi) is 6.70. The van der Waals surface area contributed by atoms with Gasteiger partial charge in [-0.1, -0.05) is 30.4 Å². The number of allylic oxidation sites excluding steroid dienone is 7. The van der Waals surface area contributed by atoms with Crippen LogP contribution in [0.25, 0.3) is 0 Å². The standard InChI is InChI=1S/C28H34O8/c1-7-9-11-13-16(29)18-19-20-27(6,36)21(31)15(3)22(32)28(20,17(30)14-12-10-8-2)25(4,23(18)33)24(34)26(19,5)35/h7-11,13,19-20,29,31,35-36H,12,14H2,1-6H3/b9-7+,10-8+,13-11+,18-16-/t19-,20-,25-,26+,27+,28-/m1/s1. The fourth-order valence-electron chi connectivity index (χ4n) is 6.68. The molecule has 194 valence electrons. The lowest BCUT2D eigenvalue weighted by Gasteiger charge is -2.67. The van der Waals surface area contributed by atoms with Crippen LogP contribution in [0.5, 0.6) is 0 Å². The molecule has 3 fully saturated rings. The van der Waals surface area contributed by atoms with E-state index < -0.39 is 68.5 Å². The second-order valence-electron chi connectivity index (χ2n) is 10.4. The Labute approximate surface area is 210 Å². The van der Waals surface area contributed by atoms with Gasteiger partial charge in [-0.05, 0) is 54.0 Å². The number of hydrogen-bond donors (Lipinski definition) is 4. The van der Waals surface area contributed by atoms with Crippen LogP contribution in [0.3, 0.4) is 0 Å². The smallest absolute Gasteiger partial charge is 0.179 e. The van der Waals surface area contributed by atoms with E-state index in [0.717, 1.165) is 13.8 Å². The summed E-state index contributed by atoms with van der Waals surface area (Å²) < 4.78 is 0. The zero-order valence-corrected chi connectivity index (χ0v) is 21.5. The number of aliphatic hydroxyl groups excluding tert-OH is 2. The third-order valence-electron chi connectivity index (χ3n) is 8.30. The summed E-state index contributed by atoms with van der Waals surface area (Å²) in [6.07, 6.45) is 9.31. The summed E-state index contributed by atoms with van der Waals surface area (Å²) in [4.78, 5) is 55.9. The van der Waals surface area contributed by atoms with Crippen LogP contribution >= 0.6 is 0 Å². The maximum absolute atomic E-state index is 14.0. The number of carbonyl (C=O) groups excluding carboxylic acids is 4. The summed E-state index contributed by atoms with van der Waals surface area (Å²) in [5.74, 6) is -8.20. The molecule has 6 atom stereocenters. The number of ketones is 4. The normalized spacial score (nSPS) is 40.2. The van der Waals surface area contributed by atoms with Gasteiger partial charge >= 0.3 is 0 Å². The summed E-state index contributed by atoms with van der Waals surface area (Å²) in [7, 11) is 0. The van der Waals surface area contributed by atoms with E-state index in [-0.39, 0.29) is 24.0 Å². The molecule has 0 amide bonds. The van der Waals surface area contributed by atoms with Gasteiger partial charge in [-0.3, -0.25) is 19.2 Å². The minimum atomic E-state index is -2.44. The minimum Gasteiger partial charge on any atom is -0.509 e. The third kappa shape index (κ3) is 3.13. The van der Waals surface area contributed by atoms with Gasteiger partial charge in [0.2, 0.25) is 0 Å². The number of fused-ring (bicyclic) bond motifs is 2. The summed E-state index contributed by atoms with van der Waals surface area (Å²) >= 11 is 0. The zero-order chi connectivity index (χ0) is 27.4. The van der Waals surface area contributed by atoms with E-state index in [4.69, 9.17) is 0 Å². The van der Waals surface area contributed by atoms with Crippen molar-refractivity contribution in [1.29, 1.82) is 0 Å². The fraction of sp³-hybridized carbons (Fsp3) is 0.500. The lowest BCUT2D eigenvalue weighted by atomic mass is 9.32. The molecule has 0 heterocycles. The molecule has 0 spiro atoms. The van der Waals surface area contributed by atoms with Gasteiger partial charge in [0.15, 0.2) is 17.3 Å². The number of hydrogen-bond acceptors (Lipinski definition) is 8. The van der Waals surface area contributed by atoms with E-state index >= 15 is 0 Å². The summed E-state index contributed by atoms with van der Waals surface area (Å²) in [5, 5.41) is 45.0. The van der Waals surface area contributed by atoms with Gasteiger partial charge in [-0.25, -0.2) is 0 Å². The quantitative estimate of drug-likeness (QED) is 0.143. The molecule has 4 aliphatic carbocycles. The van der Waals surface area contributed by atoms with E-state index in [1.165, 1.54) is 26.0 Å². The molecule has 0 aromatic heterocycles. The van der Waals surface area contributed by atoms with Crippen molar-refractivity contribution in [1.82, 2.24) is 0 Å².